The van der Waals surface area contributed by atoms with Crippen LogP contribution in [0.25, 0.3) is 21.9 Å². The maximum absolute atomic E-state index is 15.0. The van der Waals surface area contributed by atoms with Crippen LogP contribution >= 0.6 is 0 Å². The Morgan fingerprint density at radius 2 is 1.42 bits per heavy atom. The van der Waals surface area contributed by atoms with Crippen molar-refractivity contribution in [1.82, 2.24) is 20.9 Å². The average Bonchev–Trinajstić information content (AvgIpc) is 3.93. The van der Waals surface area contributed by atoms with Crippen molar-refractivity contribution in [1.29, 1.82) is 5.26 Å². The first-order valence-corrected chi connectivity index (χ1v) is 27.5. The molecule has 17 nitrogen and oxygen atoms in total. The lowest BCUT2D eigenvalue weighted by atomic mass is 9.88. The summed E-state index contributed by atoms with van der Waals surface area (Å²) in [6.45, 7) is 6.62. The van der Waals surface area contributed by atoms with E-state index in [2.05, 4.69) is 41.1 Å². The van der Waals surface area contributed by atoms with Gasteiger partial charge < -0.3 is 54.7 Å². The quantitative estimate of drug-likeness (QED) is 0.0331. The van der Waals surface area contributed by atoms with Gasteiger partial charge >= 0.3 is 0 Å². The highest BCUT2D eigenvalue weighted by atomic mass is 16.5. The van der Waals surface area contributed by atoms with Crippen LogP contribution in [0.1, 0.15) is 75.7 Å². The SMILES string of the molecule is CC/C(=C(/c1ccc(O)cc1)c1ccc(OCCN(C)C(=O)COCCOCCNC(=O)c2ccc(C(=O)N3c4cc(C#N)ccc4N(Cc4c(OC)ccc5ccccc45)C(=O)[C@@H](NC(=O)[C@H](C)NC)[C@@H]3C)cc2)cc1)c1ccccc1. The minimum absolute atomic E-state index is 0.00383. The molecule has 4 N–H and O–H groups in total. The van der Waals surface area contributed by atoms with Gasteiger partial charge in [-0.05, 0) is 139 Å². The summed E-state index contributed by atoms with van der Waals surface area (Å²) in [6.07, 6.45) is 0.802. The van der Waals surface area contributed by atoms with Gasteiger partial charge in [0.1, 0.15) is 36.5 Å². The second-order valence-electron chi connectivity index (χ2n) is 19.9. The van der Waals surface area contributed by atoms with Gasteiger partial charge in [-0.1, -0.05) is 91.9 Å². The highest BCUT2D eigenvalue weighted by molar-refractivity contribution is 6.14. The van der Waals surface area contributed by atoms with E-state index in [0.29, 0.717) is 29.3 Å². The fraction of sp³-hybridized carbons (Fsp3) is 0.273. The summed E-state index contributed by atoms with van der Waals surface area (Å²) < 4.78 is 23.1. The van der Waals surface area contributed by atoms with Crippen LogP contribution in [-0.4, -0.2) is 125 Å². The Balaban J connectivity index is 0.820. The molecule has 0 aliphatic carbocycles. The van der Waals surface area contributed by atoms with Crippen molar-refractivity contribution in [3.63, 3.8) is 0 Å². The first-order chi connectivity index (χ1) is 40.2. The Labute approximate surface area is 484 Å². The first kappa shape index (κ1) is 59.8. The average molecular weight is 1120 g/mol. The number of phenols is 1. The van der Waals surface area contributed by atoms with Gasteiger partial charge in [0.2, 0.25) is 11.8 Å². The molecular weight excluding hydrogens is 1050 g/mol. The second-order valence-corrected chi connectivity index (χ2v) is 19.9. The third-order valence-electron chi connectivity index (χ3n) is 14.7. The molecule has 0 fully saturated rings. The van der Waals surface area contributed by atoms with Gasteiger partial charge in [-0.3, -0.25) is 24.0 Å². The van der Waals surface area contributed by atoms with Crippen molar-refractivity contribution < 1.29 is 48.0 Å². The number of ether oxygens (including phenoxy) is 4. The predicted molar refractivity (Wildman–Crippen MR) is 320 cm³/mol. The number of anilines is 2. The van der Waals surface area contributed by atoms with Gasteiger partial charge in [0.25, 0.3) is 17.7 Å². The van der Waals surface area contributed by atoms with E-state index in [1.165, 1.54) is 44.5 Å². The van der Waals surface area contributed by atoms with E-state index in [1.54, 1.807) is 65.4 Å². The van der Waals surface area contributed by atoms with Crippen LogP contribution in [-0.2, 0) is 30.4 Å². The molecule has 83 heavy (non-hydrogen) atoms. The molecule has 0 unspecified atom stereocenters. The van der Waals surface area contributed by atoms with Crippen molar-refractivity contribution >= 4 is 62.8 Å². The summed E-state index contributed by atoms with van der Waals surface area (Å²) in [6, 6.07) is 46.9. The Morgan fingerprint density at radius 3 is 2.11 bits per heavy atom. The molecule has 1 aliphatic heterocycles. The number of nitrogens with zero attached hydrogens (tertiary/aromatic N) is 4. The molecule has 0 radical (unpaired) electrons. The number of carbonyl (C=O) groups excluding carboxylic acids is 5. The Bertz CT molecular complexity index is 3490. The second kappa shape index (κ2) is 28.4. The molecule has 428 valence electrons. The molecule has 0 spiro atoms. The number of amides is 5. The predicted octanol–water partition coefficient (Wildman–Crippen LogP) is 8.77. The lowest BCUT2D eigenvalue weighted by Gasteiger charge is -2.33. The number of nitrogens with one attached hydrogen (secondary N) is 3. The van der Waals surface area contributed by atoms with E-state index in [-0.39, 0.29) is 80.2 Å². The van der Waals surface area contributed by atoms with Crippen LogP contribution in [0.3, 0.4) is 0 Å². The molecule has 1 heterocycles. The molecule has 0 saturated heterocycles. The lowest BCUT2D eigenvalue weighted by Crippen LogP contribution is -2.59. The van der Waals surface area contributed by atoms with Gasteiger partial charge in [-0.15, -0.1) is 0 Å². The van der Waals surface area contributed by atoms with E-state index in [9.17, 15) is 29.5 Å². The number of hydrogen-bond acceptors (Lipinski definition) is 12. The standard InChI is InChI=1S/C66H69N7O10/c1-7-54(46-13-9-8-10-14-46)61(48-22-27-52(74)28-23-48)49-24-29-53(30-25-49)83-36-34-71(5)60(75)42-82-38-37-81-35-33-69-64(77)50-18-20-51(21-19-50)65(78)73-44(3)62(70-63(76)43(2)68-4)66(79)72(57-31-17-45(40-67)39-58(57)73)41-56-55-16-12-11-15-47(55)26-32-59(56)80-6/h8-32,39,43-44,62,68,74H,7,33-38,41-42H2,1-6H3,(H,69,77)(H,70,76)/b61-54+/t43-,44-,62-/m0/s1. The van der Waals surface area contributed by atoms with Crippen molar-refractivity contribution in [2.24, 2.45) is 0 Å². The zero-order valence-electron chi connectivity index (χ0n) is 47.5. The van der Waals surface area contributed by atoms with Crippen LogP contribution in [0.2, 0.25) is 0 Å². The van der Waals surface area contributed by atoms with E-state index in [0.717, 1.165) is 39.5 Å². The smallest absolute Gasteiger partial charge is 0.258 e. The van der Waals surface area contributed by atoms with E-state index < -0.39 is 41.8 Å². The van der Waals surface area contributed by atoms with Crippen LogP contribution in [0.15, 0.2) is 158 Å². The number of benzene rings is 7. The van der Waals surface area contributed by atoms with Crippen LogP contribution in [0.5, 0.6) is 17.2 Å². The molecule has 1 aliphatic rings. The lowest BCUT2D eigenvalue weighted by molar-refractivity contribution is -0.135. The molecule has 17 heteroatoms. The zero-order chi connectivity index (χ0) is 59.0. The monoisotopic (exact) mass is 1120 g/mol. The maximum Gasteiger partial charge on any atom is 0.258 e. The van der Waals surface area contributed by atoms with E-state index in [4.69, 9.17) is 18.9 Å². The van der Waals surface area contributed by atoms with Crippen LogP contribution in [0.4, 0.5) is 11.4 Å². The Kier molecular flexibility index (Phi) is 20.4. The van der Waals surface area contributed by atoms with Gasteiger partial charge in [-0.25, -0.2) is 0 Å². The molecule has 0 saturated carbocycles. The van der Waals surface area contributed by atoms with Crippen molar-refractivity contribution in [3.8, 4) is 23.3 Å². The molecule has 0 bridgehead atoms. The van der Waals surface area contributed by atoms with E-state index >= 15 is 4.79 Å². The number of aromatic hydroxyl groups is 1. The fourth-order valence-corrected chi connectivity index (χ4v) is 9.94. The molecule has 7 aromatic rings. The largest absolute Gasteiger partial charge is 0.508 e. The summed E-state index contributed by atoms with van der Waals surface area (Å²) >= 11 is 0. The van der Waals surface area contributed by atoms with E-state index in [1.807, 2.05) is 91.0 Å². The van der Waals surface area contributed by atoms with Crippen molar-refractivity contribution in [3.05, 3.63) is 197 Å². The minimum atomic E-state index is -1.24. The molecule has 3 atom stereocenters. The molecule has 7 aromatic carbocycles. The summed E-state index contributed by atoms with van der Waals surface area (Å²) in [4.78, 5) is 74.1. The zero-order valence-corrected chi connectivity index (χ0v) is 47.5. The molecule has 5 amide bonds. The number of hydrogen-bond donors (Lipinski definition) is 4. The fourth-order valence-electron chi connectivity index (χ4n) is 9.94. The van der Waals surface area contributed by atoms with Gasteiger partial charge in [0, 0.05) is 30.3 Å². The summed E-state index contributed by atoms with van der Waals surface area (Å²) in [7, 11) is 4.86. The van der Waals surface area contributed by atoms with Crippen molar-refractivity contribution in [2.75, 3.05) is 77.1 Å². The summed E-state index contributed by atoms with van der Waals surface area (Å²) in [5.41, 5.74) is 7.41. The van der Waals surface area contributed by atoms with Crippen LogP contribution < -0.4 is 35.2 Å². The first-order valence-electron chi connectivity index (χ1n) is 27.5. The minimum Gasteiger partial charge on any atom is -0.508 e. The molecule has 0 aromatic heterocycles. The number of likely N-dealkylation sites (N-methyl/N-ethyl adjacent to an activating group) is 2. The van der Waals surface area contributed by atoms with Gasteiger partial charge in [0.15, 0.2) is 0 Å². The van der Waals surface area contributed by atoms with Crippen LogP contribution in [0, 0.1) is 11.3 Å². The number of phenolic OH excluding ortho intramolecular Hbond substituents is 1. The Hall–Kier alpha value is -9.34. The number of methoxy groups -OCH3 is 1. The summed E-state index contributed by atoms with van der Waals surface area (Å²) in [5, 5.41) is 30.5. The third-order valence-corrected chi connectivity index (χ3v) is 14.7. The maximum atomic E-state index is 15.0. The number of nitriles is 1. The van der Waals surface area contributed by atoms with Gasteiger partial charge in [0.05, 0.1) is 75.1 Å². The van der Waals surface area contributed by atoms with Crippen molar-refractivity contribution in [2.45, 2.75) is 51.9 Å². The van der Waals surface area contributed by atoms with Gasteiger partial charge in [-0.2, -0.15) is 5.26 Å². The number of rotatable bonds is 24. The number of allylic oxidation sites excluding steroid dienone is 1. The Morgan fingerprint density at radius 1 is 0.759 bits per heavy atom. The molecule has 8 rings (SSSR count). The topological polar surface area (TPSA) is 212 Å². The molecular formula is C66H69N7O10. The highest BCUT2D eigenvalue weighted by Crippen LogP contribution is 2.41. The summed E-state index contributed by atoms with van der Waals surface area (Å²) in [5.74, 6) is -0.688. The highest BCUT2D eigenvalue weighted by Gasteiger charge is 2.43. The third kappa shape index (κ3) is 14.4. The normalized spacial score (nSPS) is 14.6. The number of fused-ring (bicyclic) bond motifs is 2. The number of carbonyl (C=O) groups is 5.